The largest absolute Gasteiger partial charge is 0.462 e. The van der Waals surface area contributed by atoms with Gasteiger partial charge in [-0.2, -0.15) is 0 Å². The molecule has 0 aromatic carbocycles. The van der Waals surface area contributed by atoms with E-state index in [1.165, 1.54) is 6.42 Å². The molecule has 3 fully saturated rings. The van der Waals surface area contributed by atoms with Gasteiger partial charge in [-0.15, -0.1) is 0 Å². The molecule has 0 amide bonds. The first kappa shape index (κ1) is 6.93. The van der Waals surface area contributed by atoms with Crippen LogP contribution >= 0.6 is 0 Å². The van der Waals surface area contributed by atoms with Crippen molar-refractivity contribution in [1.29, 1.82) is 0 Å². The molecule has 2 bridgehead atoms. The molecular weight excluding hydrogens is 152 g/mol. The van der Waals surface area contributed by atoms with Crippen molar-refractivity contribution in [3.05, 3.63) is 0 Å². The summed E-state index contributed by atoms with van der Waals surface area (Å²) >= 11 is 0. The lowest BCUT2D eigenvalue weighted by Gasteiger charge is -2.26. The van der Waals surface area contributed by atoms with Gasteiger partial charge in [-0.05, 0) is 24.2 Å². The summed E-state index contributed by atoms with van der Waals surface area (Å²) in [5.74, 6) is 2.88. The normalized spacial score (nSPS) is 61.0. The Kier molecular flexibility index (Phi) is 1.07. The first-order valence-corrected chi connectivity index (χ1v) is 4.90. The Hall–Kier alpha value is -0.530. The molecule has 0 aromatic rings. The number of fused-ring (bicyclic) bond motifs is 1. The van der Waals surface area contributed by atoms with Gasteiger partial charge in [0.05, 0.1) is 5.92 Å². The Morgan fingerprint density at radius 2 is 2.00 bits per heavy atom. The fraction of sp³-hybridized carbons (Fsp3) is 0.900. The molecule has 1 saturated heterocycles. The summed E-state index contributed by atoms with van der Waals surface area (Å²) in [6.07, 6.45) is 1.52. The van der Waals surface area contributed by atoms with Crippen molar-refractivity contribution in [2.45, 2.75) is 26.4 Å². The van der Waals surface area contributed by atoms with Gasteiger partial charge >= 0.3 is 5.97 Å². The summed E-state index contributed by atoms with van der Waals surface area (Å²) in [6.45, 7) is 4.45. The SMILES string of the molecule is C[C@@H]1C2OC(=O)C3C2C[C@H]1[C@H]3C. The summed E-state index contributed by atoms with van der Waals surface area (Å²) in [5.41, 5.74) is 0. The highest BCUT2D eigenvalue weighted by Crippen LogP contribution is 2.59. The highest BCUT2D eigenvalue weighted by atomic mass is 16.6. The summed E-state index contributed by atoms with van der Waals surface area (Å²) in [4.78, 5) is 11.4. The summed E-state index contributed by atoms with van der Waals surface area (Å²) < 4.78 is 5.38. The molecule has 2 heteroatoms. The van der Waals surface area contributed by atoms with Crippen LogP contribution in [0.15, 0.2) is 0 Å². The van der Waals surface area contributed by atoms with Gasteiger partial charge in [0.1, 0.15) is 6.10 Å². The van der Waals surface area contributed by atoms with Crippen LogP contribution in [0.1, 0.15) is 20.3 Å². The van der Waals surface area contributed by atoms with Gasteiger partial charge < -0.3 is 4.74 Å². The molecule has 3 aliphatic rings. The minimum atomic E-state index is 0.0874. The third-order valence-electron chi connectivity index (χ3n) is 4.39. The molecule has 6 atom stereocenters. The van der Waals surface area contributed by atoms with Crippen molar-refractivity contribution in [2.75, 3.05) is 0 Å². The molecule has 66 valence electrons. The van der Waals surface area contributed by atoms with E-state index < -0.39 is 0 Å². The maximum Gasteiger partial charge on any atom is 0.309 e. The molecule has 0 radical (unpaired) electrons. The zero-order valence-electron chi connectivity index (χ0n) is 7.49. The number of carbonyl (C=O) groups excluding carboxylic acids is 1. The lowest BCUT2D eigenvalue weighted by atomic mass is 9.76. The Morgan fingerprint density at radius 3 is 2.67 bits per heavy atom. The van der Waals surface area contributed by atoms with Crippen LogP contribution in [0.3, 0.4) is 0 Å². The van der Waals surface area contributed by atoms with Gasteiger partial charge in [-0.3, -0.25) is 4.79 Å². The minimum absolute atomic E-state index is 0.0874. The van der Waals surface area contributed by atoms with Crippen molar-refractivity contribution in [1.82, 2.24) is 0 Å². The van der Waals surface area contributed by atoms with E-state index in [2.05, 4.69) is 13.8 Å². The van der Waals surface area contributed by atoms with E-state index in [-0.39, 0.29) is 18.0 Å². The fourth-order valence-electron chi connectivity index (χ4n) is 3.79. The molecule has 12 heavy (non-hydrogen) atoms. The predicted molar refractivity (Wildman–Crippen MR) is 43.3 cm³/mol. The van der Waals surface area contributed by atoms with Crippen molar-refractivity contribution in [3.63, 3.8) is 0 Å². The number of esters is 1. The Labute approximate surface area is 72.3 Å². The van der Waals surface area contributed by atoms with Crippen LogP contribution in [0, 0.1) is 29.6 Å². The first-order chi connectivity index (χ1) is 5.70. The smallest absolute Gasteiger partial charge is 0.309 e. The Balaban J connectivity index is 2.06. The minimum Gasteiger partial charge on any atom is -0.462 e. The van der Waals surface area contributed by atoms with Crippen LogP contribution in [0.4, 0.5) is 0 Å². The molecule has 1 aliphatic heterocycles. The molecule has 0 spiro atoms. The summed E-state index contributed by atoms with van der Waals surface area (Å²) in [6, 6.07) is 0. The zero-order chi connectivity index (χ0) is 8.46. The van der Waals surface area contributed by atoms with E-state index in [0.29, 0.717) is 17.8 Å². The lowest BCUT2D eigenvalue weighted by Crippen LogP contribution is -2.30. The Morgan fingerprint density at radius 1 is 1.25 bits per heavy atom. The number of ether oxygens (including phenoxy) is 1. The van der Waals surface area contributed by atoms with Gasteiger partial charge in [-0.1, -0.05) is 13.8 Å². The molecule has 2 aliphatic carbocycles. The molecule has 0 aromatic heterocycles. The highest BCUT2D eigenvalue weighted by molar-refractivity contribution is 5.77. The van der Waals surface area contributed by atoms with E-state index >= 15 is 0 Å². The predicted octanol–water partition coefficient (Wildman–Crippen LogP) is 1.45. The van der Waals surface area contributed by atoms with Crippen LogP contribution in [-0.4, -0.2) is 12.1 Å². The molecule has 2 nitrogen and oxygen atoms in total. The number of hydrogen-bond donors (Lipinski definition) is 0. The monoisotopic (exact) mass is 166 g/mol. The summed E-state index contributed by atoms with van der Waals surface area (Å²) in [5, 5.41) is 0. The summed E-state index contributed by atoms with van der Waals surface area (Å²) in [7, 11) is 0. The maximum absolute atomic E-state index is 11.4. The quantitative estimate of drug-likeness (QED) is 0.509. The van der Waals surface area contributed by atoms with Gasteiger partial charge in [0.15, 0.2) is 0 Å². The van der Waals surface area contributed by atoms with Gasteiger partial charge in [0, 0.05) is 5.92 Å². The average molecular weight is 166 g/mol. The molecule has 1 heterocycles. The van der Waals surface area contributed by atoms with Crippen molar-refractivity contribution in [2.24, 2.45) is 29.6 Å². The van der Waals surface area contributed by atoms with E-state index in [0.717, 1.165) is 5.92 Å². The lowest BCUT2D eigenvalue weighted by molar-refractivity contribution is -0.144. The van der Waals surface area contributed by atoms with Gasteiger partial charge in [-0.25, -0.2) is 0 Å². The first-order valence-electron chi connectivity index (χ1n) is 4.90. The second-order valence-corrected chi connectivity index (χ2v) is 4.71. The van der Waals surface area contributed by atoms with Crippen LogP contribution in [-0.2, 0) is 9.53 Å². The van der Waals surface area contributed by atoms with Crippen molar-refractivity contribution < 1.29 is 9.53 Å². The third-order valence-corrected chi connectivity index (χ3v) is 4.39. The van der Waals surface area contributed by atoms with E-state index in [9.17, 15) is 4.79 Å². The zero-order valence-corrected chi connectivity index (χ0v) is 7.49. The Bertz CT molecular complexity index is 248. The van der Waals surface area contributed by atoms with Crippen LogP contribution in [0.25, 0.3) is 0 Å². The van der Waals surface area contributed by atoms with Crippen LogP contribution in [0.5, 0.6) is 0 Å². The fourth-order valence-corrected chi connectivity index (χ4v) is 3.79. The van der Waals surface area contributed by atoms with Gasteiger partial charge in [0.2, 0.25) is 0 Å². The van der Waals surface area contributed by atoms with Crippen LogP contribution in [0.2, 0.25) is 0 Å². The molecule has 0 N–H and O–H groups in total. The second-order valence-electron chi connectivity index (χ2n) is 4.71. The standard InChI is InChI=1S/C10H14O2/c1-4-6-3-7-8(4)10(11)12-9(7)5(6)2/h4-9H,3H2,1-2H3/t4-,5+,6+,7?,8?,9?/m1/s1. The maximum atomic E-state index is 11.4. The third kappa shape index (κ3) is 0.540. The molecule has 3 unspecified atom stereocenters. The van der Waals surface area contributed by atoms with E-state index in [1.807, 2.05) is 0 Å². The van der Waals surface area contributed by atoms with Crippen molar-refractivity contribution in [3.8, 4) is 0 Å². The van der Waals surface area contributed by atoms with Crippen molar-refractivity contribution >= 4 is 5.97 Å². The van der Waals surface area contributed by atoms with E-state index in [4.69, 9.17) is 4.74 Å². The van der Waals surface area contributed by atoms with Gasteiger partial charge in [0.25, 0.3) is 0 Å². The van der Waals surface area contributed by atoms with E-state index in [1.54, 1.807) is 0 Å². The molecule has 2 saturated carbocycles. The average Bonchev–Trinajstić information content (AvgIpc) is 2.56. The second kappa shape index (κ2) is 1.86. The number of carbonyl (C=O) groups is 1. The van der Waals surface area contributed by atoms with Crippen LogP contribution < -0.4 is 0 Å². The number of rotatable bonds is 0. The topological polar surface area (TPSA) is 26.3 Å². The molecular formula is C10H14O2. The number of hydrogen-bond acceptors (Lipinski definition) is 2. The molecule has 3 rings (SSSR count). The highest BCUT2D eigenvalue weighted by Gasteiger charge is 2.63.